The number of carbonyl (C=O) groups excluding carboxylic acids is 1. The first-order chi connectivity index (χ1) is 9.04. The maximum Gasteiger partial charge on any atom is 0.308 e. The van der Waals surface area contributed by atoms with E-state index in [4.69, 9.17) is 5.11 Å². The van der Waals surface area contributed by atoms with Crippen molar-refractivity contribution in [1.82, 2.24) is 4.90 Å². The Balaban J connectivity index is 2.70. The van der Waals surface area contributed by atoms with Gasteiger partial charge in [-0.25, -0.2) is 0 Å². The Labute approximate surface area is 113 Å². The third-order valence-corrected chi connectivity index (χ3v) is 2.67. The van der Waals surface area contributed by atoms with Crippen LogP contribution in [-0.4, -0.2) is 35.0 Å². The second kappa shape index (κ2) is 7.22. The highest BCUT2D eigenvalue weighted by Crippen LogP contribution is 2.01. The Morgan fingerprint density at radius 3 is 2.47 bits per heavy atom. The molecule has 0 aliphatic rings. The third-order valence-electron chi connectivity index (χ3n) is 2.67. The van der Waals surface area contributed by atoms with Gasteiger partial charge < -0.3 is 10.0 Å². The van der Waals surface area contributed by atoms with Crippen LogP contribution in [0.1, 0.15) is 19.4 Å². The molecule has 100 valence electrons. The summed E-state index contributed by atoms with van der Waals surface area (Å²) >= 11 is 0. The van der Waals surface area contributed by atoms with Crippen LogP contribution in [0.25, 0.3) is 0 Å². The quantitative estimate of drug-likeness (QED) is 0.836. The predicted octanol–water partition coefficient (Wildman–Crippen LogP) is 1.61. The molecule has 1 N–H and O–H groups in total. The third kappa shape index (κ3) is 4.84. The first-order valence-electron chi connectivity index (χ1n) is 6.13. The van der Waals surface area contributed by atoms with Crippen molar-refractivity contribution >= 4 is 11.9 Å². The van der Waals surface area contributed by atoms with Crippen LogP contribution in [0.3, 0.4) is 0 Å². The van der Waals surface area contributed by atoms with Crippen molar-refractivity contribution in [1.29, 1.82) is 0 Å². The molecule has 0 aromatic heterocycles. The van der Waals surface area contributed by atoms with Crippen molar-refractivity contribution < 1.29 is 14.7 Å². The van der Waals surface area contributed by atoms with E-state index in [0.29, 0.717) is 6.54 Å². The van der Waals surface area contributed by atoms with Crippen LogP contribution in [0.2, 0.25) is 0 Å². The minimum absolute atomic E-state index is 0.175. The highest BCUT2D eigenvalue weighted by Gasteiger charge is 2.17. The van der Waals surface area contributed by atoms with E-state index < -0.39 is 11.9 Å². The molecule has 4 heteroatoms. The number of carbonyl (C=O) groups is 2. The molecule has 1 amide bonds. The largest absolute Gasteiger partial charge is 0.481 e. The molecule has 19 heavy (non-hydrogen) atoms. The molecular weight excluding hydrogens is 242 g/mol. The summed E-state index contributed by atoms with van der Waals surface area (Å²) in [6.07, 6.45) is 0. The molecule has 0 saturated carbocycles. The molecule has 0 saturated heterocycles. The minimum atomic E-state index is -0.915. The van der Waals surface area contributed by atoms with Gasteiger partial charge >= 0.3 is 5.97 Å². The van der Waals surface area contributed by atoms with E-state index in [1.807, 2.05) is 30.3 Å². The van der Waals surface area contributed by atoms with Crippen molar-refractivity contribution in [2.75, 3.05) is 13.1 Å². The van der Waals surface area contributed by atoms with Gasteiger partial charge in [0.05, 0.1) is 5.92 Å². The van der Waals surface area contributed by atoms with E-state index in [9.17, 15) is 9.59 Å². The first kappa shape index (κ1) is 14.8. The standard InChI is InChI=1S/C15H17NO3/c1-3-16(11-12(2)15(18)19)14(17)10-9-13-7-5-4-6-8-13/h4-8,12H,3,11H2,1-2H3,(H,18,19). The molecule has 0 aliphatic carbocycles. The second-order valence-electron chi connectivity index (χ2n) is 4.20. The molecule has 0 aliphatic heterocycles. The number of benzene rings is 1. The number of rotatable bonds is 4. The predicted molar refractivity (Wildman–Crippen MR) is 72.4 cm³/mol. The fourth-order valence-electron chi connectivity index (χ4n) is 1.49. The van der Waals surface area contributed by atoms with Gasteiger partial charge in [-0.05, 0) is 19.1 Å². The van der Waals surface area contributed by atoms with Gasteiger partial charge in [-0.15, -0.1) is 0 Å². The highest BCUT2D eigenvalue weighted by atomic mass is 16.4. The van der Waals surface area contributed by atoms with Gasteiger partial charge in [0.2, 0.25) is 0 Å². The van der Waals surface area contributed by atoms with Gasteiger partial charge in [-0.3, -0.25) is 9.59 Å². The molecule has 1 rings (SSSR count). The Kier molecular flexibility index (Phi) is 5.62. The molecule has 0 fully saturated rings. The lowest BCUT2D eigenvalue weighted by atomic mass is 10.1. The van der Waals surface area contributed by atoms with Crippen LogP contribution in [0.5, 0.6) is 0 Å². The van der Waals surface area contributed by atoms with Crippen LogP contribution >= 0.6 is 0 Å². The Morgan fingerprint density at radius 1 is 1.32 bits per heavy atom. The van der Waals surface area contributed by atoms with E-state index in [2.05, 4.69) is 11.8 Å². The summed E-state index contributed by atoms with van der Waals surface area (Å²) < 4.78 is 0. The van der Waals surface area contributed by atoms with Crippen molar-refractivity contribution in [2.45, 2.75) is 13.8 Å². The number of carboxylic acids is 1. The number of hydrogen-bond donors (Lipinski definition) is 1. The van der Waals surface area contributed by atoms with Crippen LogP contribution in [-0.2, 0) is 9.59 Å². The van der Waals surface area contributed by atoms with Crippen LogP contribution in [0, 0.1) is 17.8 Å². The molecule has 0 bridgehead atoms. The molecule has 1 aromatic rings. The van der Waals surface area contributed by atoms with Crippen LogP contribution in [0.15, 0.2) is 30.3 Å². The maximum atomic E-state index is 11.9. The normalized spacial score (nSPS) is 11.1. The van der Waals surface area contributed by atoms with E-state index in [1.165, 1.54) is 4.90 Å². The van der Waals surface area contributed by atoms with Crippen LogP contribution in [0.4, 0.5) is 0 Å². The molecule has 0 radical (unpaired) electrons. The maximum absolute atomic E-state index is 11.9. The zero-order valence-electron chi connectivity index (χ0n) is 11.1. The molecule has 0 heterocycles. The van der Waals surface area contributed by atoms with Crippen molar-refractivity contribution in [3.05, 3.63) is 35.9 Å². The smallest absolute Gasteiger partial charge is 0.308 e. The zero-order valence-corrected chi connectivity index (χ0v) is 11.1. The summed E-state index contributed by atoms with van der Waals surface area (Å²) in [6, 6.07) is 9.20. The summed E-state index contributed by atoms with van der Waals surface area (Å²) in [5.74, 6) is 3.45. The SMILES string of the molecule is CCN(CC(C)C(=O)O)C(=O)C#Cc1ccccc1. The minimum Gasteiger partial charge on any atom is -0.481 e. The average molecular weight is 259 g/mol. The Hall–Kier alpha value is -2.28. The molecule has 0 spiro atoms. The lowest BCUT2D eigenvalue weighted by Crippen LogP contribution is -2.36. The van der Waals surface area contributed by atoms with Gasteiger partial charge in [-0.2, -0.15) is 0 Å². The molecular formula is C15H17NO3. The highest BCUT2D eigenvalue weighted by molar-refractivity contribution is 5.94. The van der Waals surface area contributed by atoms with Crippen LogP contribution < -0.4 is 0 Å². The summed E-state index contributed by atoms with van der Waals surface area (Å²) in [7, 11) is 0. The lowest BCUT2D eigenvalue weighted by molar-refractivity contribution is -0.142. The van der Waals surface area contributed by atoms with Gasteiger partial charge in [0.15, 0.2) is 0 Å². The first-order valence-corrected chi connectivity index (χ1v) is 6.13. The summed E-state index contributed by atoms with van der Waals surface area (Å²) in [4.78, 5) is 24.1. The van der Waals surface area contributed by atoms with E-state index in [1.54, 1.807) is 13.8 Å². The number of aliphatic carboxylic acids is 1. The summed E-state index contributed by atoms with van der Waals surface area (Å²) in [6.45, 7) is 3.99. The van der Waals surface area contributed by atoms with Crippen molar-refractivity contribution in [3.63, 3.8) is 0 Å². The Morgan fingerprint density at radius 2 is 1.95 bits per heavy atom. The second-order valence-corrected chi connectivity index (χ2v) is 4.20. The molecule has 1 aromatic carbocycles. The lowest BCUT2D eigenvalue weighted by Gasteiger charge is -2.20. The van der Waals surface area contributed by atoms with E-state index in [0.717, 1.165) is 5.56 Å². The fraction of sp³-hybridized carbons (Fsp3) is 0.333. The van der Waals surface area contributed by atoms with Gasteiger partial charge in [0.1, 0.15) is 0 Å². The van der Waals surface area contributed by atoms with Crippen molar-refractivity contribution in [2.24, 2.45) is 5.92 Å². The van der Waals surface area contributed by atoms with E-state index in [-0.39, 0.29) is 12.5 Å². The van der Waals surface area contributed by atoms with Crippen molar-refractivity contribution in [3.8, 4) is 11.8 Å². The Bertz CT molecular complexity index is 499. The van der Waals surface area contributed by atoms with Gasteiger partial charge in [0, 0.05) is 24.6 Å². The monoisotopic (exact) mass is 259 g/mol. The number of nitrogens with zero attached hydrogens (tertiary/aromatic N) is 1. The fourth-order valence-corrected chi connectivity index (χ4v) is 1.49. The number of hydrogen-bond acceptors (Lipinski definition) is 2. The average Bonchev–Trinajstić information content (AvgIpc) is 2.42. The molecule has 1 atom stereocenters. The summed E-state index contributed by atoms with van der Waals surface area (Å²) in [5.41, 5.74) is 0.762. The van der Waals surface area contributed by atoms with Gasteiger partial charge in [-0.1, -0.05) is 31.0 Å². The topological polar surface area (TPSA) is 57.6 Å². The van der Waals surface area contributed by atoms with Gasteiger partial charge in [0.25, 0.3) is 5.91 Å². The molecule has 1 unspecified atom stereocenters. The molecule has 4 nitrogen and oxygen atoms in total. The zero-order chi connectivity index (χ0) is 14.3. The number of amides is 1. The summed E-state index contributed by atoms with van der Waals surface area (Å²) in [5, 5.41) is 8.84. The van der Waals surface area contributed by atoms with E-state index >= 15 is 0 Å². The number of carboxylic acid groups (broad SMARTS) is 1.